The molecule has 0 radical (unpaired) electrons. The van der Waals surface area contributed by atoms with E-state index in [2.05, 4.69) is 15.3 Å². The Hall–Kier alpha value is -3.69. The SMILES string of the molecule is COc1cc(/C=N/n2cnnc2SCc2ccc(Cl)cc2)ccc1OC(=O)c1ccccc1F. The Morgan fingerprint density at radius 3 is 2.71 bits per heavy atom. The number of methoxy groups -OCH3 is 1. The number of halogens is 2. The number of carbonyl (C=O) groups is 1. The fraction of sp³-hybridized carbons (Fsp3) is 0.0833. The van der Waals surface area contributed by atoms with Crippen molar-refractivity contribution < 1.29 is 18.7 Å². The molecule has 1 heterocycles. The maximum atomic E-state index is 13.9. The van der Waals surface area contributed by atoms with Gasteiger partial charge < -0.3 is 9.47 Å². The second kappa shape index (κ2) is 11.0. The predicted octanol–water partition coefficient (Wildman–Crippen LogP) is 5.47. The van der Waals surface area contributed by atoms with Crippen molar-refractivity contribution in [3.8, 4) is 11.5 Å². The third-order valence-electron chi connectivity index (χ3n) is 4.60. The summed E-state index contributed by atoms with van der Waals surface area (Å²) in [6.07, 6.45) is 3.10. The van der Waals surface area contributed by atoms with Crippen molar-refractivity contribution in [3.63, 3.8) is 0 Å². The molecule has 0 amide bonds. The van der Waals surface area contributed by atoms with Crippen LogP contribution in [-0.2, 0) is 5.75 Å². The third-order valence-corrected chi connectivity index (χ3v) is 5.85. The lowest BCUT2D eigenvalue weighted by Gasteiger charge is -2.10. The van der Waals surface area contributed by atoms with Crippen molar-refractivity contribution in [2.45, 2.75) is 10.9 Å². The van der Waals surface area contributed by atoms with Gasteiger partial charge >= 0.3 is 5.97 Å². The van der Waals surface area contributed by atoms with Crippen LogP contribution in [0.5, 0.6) is 11.5 Å². The molecule has 0 bridgehead atoms. The summed E-state index contributed by atoms with van der Waals surface area (Å²) in [5, 5.41) is 13.7. The third kappa shape index (κ3) is 5.81. The monoisotopic (exact) mass is 496 g/mol. The van der Waals surface area contributed by atoms with Crippen molar-refractivity contribution in [2.24, 2.45) is 5.10 Å². The Kier molecular flexibility index (Phi) is 7.56. The first-order valence-electron chi connectivity index (χ1n) is 10.00. The summed E-state index contributed by atoms with van der Waals surface area (Å²) in [5.74, 6) is -0.328. The maximum Gasteiger partial charge on any atom is 0.346 e. The zero-order chi connectivity index (χ0) is 23.9. The first kappa shape index (κ1) is 23.5. The summed E-state index contributed by atoms with van der Waals surface area (Å²) < 4.78 is 26.1. The van der Waals surface area contributed by atoms with E-state index in [1.807, 2.05) is 24.3 Å². The molecule has 34 heavy (non-hydrogen) atoms. The number of benzene rings is 3. The largest absolute Gasteiger partial charge is 0.493 e. The van der Waals surface area contributed by atoms with E-state index in [9.17, 15) is 9.18 Å². The van der Waals surface area contributed by atoms with Gasteiger partial charge in [0.05, 0.1) is 18.9 Å². The van der Waals surface area contributed by atoms with Gasteiger partial charge in [-0.1, -0.05) is 47.6 Å². The number of ether oxygens (including phenoxy) is 2. The van der Waals surface area contributed by atoms with Gasteiger partial charge in [0.15, 0.2) is 11.5 Å². The Balaban J connectivity index is 1.45. The lowest BCUT2D eigenvalue weighted by atomic mass is 10.2. The molecule has 0 aliphatic heterocycles. The molecule has 0 saturated carbocycles. The Labute approximate surface area is 204 Å². The van der Waals surface area contributed by atoms with Crippen LogP contribution in [0, 0.1) is 5.82 Å². The molecule has 0 N–H and O–H groups in total. The summed E-state index contributed by atoms with van der Waals surface area (Å²) >= 11 is 7.41. The van der Waals surface area contributed by atoms with E-state index < -0.39 is 11.8 Å². The highest BCUT2D eigenvalue weighted by Crippen LogP contribution is 2.29. The molecular formula is C24H18ClFN4O3S. The topological polar surface area (TPSA) is 78.6 Å². The minimum atomic E-state index is -0.815. The minimum Gasteiger partial charge on any atom is -0.493 e. The van der Waals surface area contributed by atoms with Gasteiger partial charge in [0.2, 0.25) is 5.16 Å². The van der Waals surface area contributed by atoms with E-state index >= 15 is 0 Å². The van der Waals surface area contributed by atoms with E-state index in [0.29, 0.717) is 27.2 Å². The number of rotatable bonds is 8. The fourth-order valence-corrected chi connectivity index (χ4v) is 3.83. The van der Waals surface area contributed by atoms with Gasteiger partial charge in [-0.05, 0) is 53.6 Å². The van der Waals surface area contributed by atoms with Crippen molar-refractivity contribution >= 4 is 35.5 Å². The first-order chi connectivity index (χ1) is 16.5. The molecule has 7 nitrogen and oxygen atoms in total. The molecule has 4 aromatic rings. The number of carbonyl (C=O) groups excluding carboxylic acids is 1. The van der Waals surface area contributed by atoms with Crippen LogP contribution in [0.15, 0.2) is 83.3 Å². The molecule has 0 saturated heterocycles. The van der Waals surface area contributed by atoms with Crippen LogP contribution in [-0.4, -0.2) is 34.2 Å². The lowest BCUT2D eigenvalue weighted by Crippen LogP contribution is -2.11. The molecule has 0 aliphatic rings. The Morgan fingerprint density at radius 1 is 1.15 bits per heavy atom. The number of thioether (sulfide) groups is 1. The molecule has 10 heteroatoms. The van der Waals surface area contributed by atoms with Gasteiger partial charge in [0.1, 0.15) is 12.1 Å². The van der Waals surface area contributed by atoms with Crippen molar-refractivity contribution in [3.05, 3.63) is 101 Å². The first-order valence-corrected chi connectivity index (χ1v) is 11.4. The molecule has 0 atom stereocenters. The highest BCUT2D eigenvalue weighted by atomic mass is 35.5. The highest BCUT2D eigenvalue weighted by Gasteiger charge is 2.16. The van der Waals surface area contributed by atoms with Gasteiger partial charge in [-0.15, -0.1) is 10.2 Å². The molecule has 4 rings (SSSR count). The van der Waals surface area contributed by atoms with Crippen molar-refractivity contribution in [2.75, 3.05) is 7.11 Å². The normalized spacial score (nSPS) is 11.0. The van der Waals surface area contributed by atoms with Crippen LogP contribution in [0.25, 0.3) is 0 Å². The standard InChI is InChI=1S/C24H18ClFN4O3S/c1-32-22-12-17(8-11-21(22)33-23(31)19-4-2-3-5-20(19)26)13-28-30-15-27-29-24(30)34-14-16-6-9-18(25)10-7-16/h2-13,15H,14H2,1H3/b28-13+. The number of hydrogen-bond acceptors (Lipinski definition) is 7. The van der Waals surface area contributed by atoms with Gasteiger partial charge in [0.25, 0.3) is 0 Å². The summed E-state index contributed by atoms with van der Waals surface area (Å²) in [6, 6.07) is 18.1. The van der Waals surface area contributed by atoms with Crippen LogP contribution >= 0.6 is 23.4 Å². The zero-order valence-corrected chi connectivity index (χ0v) is 19.5. The fourth-order valence-electron chi connectivity index (χ4n) is 2.88. The van der Waals surface area contributed by atoms with Crippen LogP contribution in [0.2, 0.25) is 5.02 Å². The smallest absolute Gasteiger partial charge is 0.346 e. The average Bonchev–Trinajstić information content (AvgIpc) is 3.30. The average molecular weight is 497 g/mol. The number of aromatic nitrogens is 3. The van der Waals surface area contributed by atoms with E-state index in [1.165, 1.54) is 43.4 Å². The van der Waals surface area contributed by atoms with Gasteiger partial charge in [0, 0.05) is 10.8 Å². The molecule has 0 fully saturated rings. The van der Waals surface area contributed by atoms with Crippen LogP contribution in [0.1, 0.15) is 21.5 Å². The Bertz CT molecular complexity index is 1330. The second-order valence-electron chi connectivity index (χ2n) is 6.90. The van der Waals surface area contributed by atoms with E-state index in [0.717, 1.165) is 5.56 Å². The van der Waals surface area contributed by atoms with Gasteiger partial charge in [-0.3, -0.25) is 0 Å². The lowest BCUT2D eigenvalue weighted by molar-refractivity contribution is 0.0725. The van der Waals surface area contributed by atoms with Crippen LogP contribution in [0.4, 0.5) is 4.39 Å². The van der Waals surface area contributed by atoms with Crippen LogP contribution < -0.4 is 9.47 Å². The molecule has 0 aliphatic carbocycles. The number of nitrogens with zero attached hydrogens (tertiary/aromatic N) is 4. The van der Waals surface area contributed by atoms with Gasteiger partial charge in [-0.2, -0.15) is 9.78 Å². The van der Waals surface area contributed by atoms with Gasteiger partial charge in [-0.25, -0.2) is 9.18 Å². The molecular weight excluding hydrogens is 479 g/mol. The predicted molar refractivity (Wildman–Crippen MR) is 128 cm³/mol. The molecule has 172 valence electrons. The minimum absolute atomic E-state index is 0.161. The molecule has 3 aromatic carbocycles. The summed E-state index contributed by atoms with van der Waals surface area (Å²) in [6.45, 7) is 0. The van der Waals surface area contributed by atoms with E-state index in [4.69, 9.17) is 21.1 Å². The van der Waals surface area contributed by atoms with Crippen molar-refractivity contribution in [1.82, 2.24) is 14.9 Å². The summed E-state index contributed by atoms with van der Waals surface area (Å²) in [4.78, 5) is 12.3. The van der Waals surface area contributed by atoms with Crippen LogP contribution in [0.3, 0.4) is 0 Å². The number of esters is 1. The van der Waals surface area contributed by atoms with E-state index in [-0.39, 0.29) is 11.3 Å². The second-order valence-corrected chi connectivity index (χ2v) is 8.28. The number of hydrogen-bond donors (Lipinski definition) is 0. The van der Waals surface area contributed by atoms with E-state index in [1.54, 1.807) is 35.2 Å². The molecule has 0 spiro atoms. The maximum absolute atomic E-state index is 13.9. The quantitative estimate of drug-likeness (QED) is 0.139. The van der Waals surface area contributed by atoms with Crippen molar-refractivity contribution in [1.29, 1.82) is 0 Å². The zero-order valence-electron chi connectivity index (χ0n) is 17.9. The summed E-state index contributed by atoms with van der Waals surface area (Å²) in [5.41, 5.74) is 1.62. The molecule has 1 aromatic heterocycles. The summed E-state index contributed by atoms with van der Waals surface area (Å²) in [7, 11) is 1.45. The highest BCUT2D eigenvalue weighted by molar-refractivity contribution is 7.98. The molecule has 0 unspecified atom stereocenters. The Morgan fingerprint density at radius 2 is 1.94 bits per heavy atom.